The van der Waals surface area contributed by atoms with Crippen LogP contribution >= 0.6 is 0 Å². The number of hydrogen-bond donors (Lipinski definition) is 4. The third-order valence-corrected chi connectivity index (χ3v) is 11.8. The summed E-state index contributed by atoms with van der Waals surface area (Å²) in [5.41, 5.74) is 4.63. The molecule has 65 heavy (non-hydrogen) atoms. The van der Waals surface area contributed by atoms with Crippen LogP contribution in [0, 0.1) is 5.92 Å². The highest BCUT2D eigenvalue weighted by molar-refractivity contribution is 5.88. The number of imidazole rings is 2. The third kappa shape index (κ3) is 11.4. The zero-order valence-corrected chi connectivity index (χ0v) is 38.4. The Kier molecular flexibility index (Phi) is 16.8. The standard InChI is InChI=1S/C46H62N8O11/c1-27(2)39(51-45(57)62-7)43(55)53-17-9-11-35(53)41-47-25-33(49-41)29-13-15-31(37(23-29)64-21-19-59-4)32-16-14-30(24-38(32)65-22-20-60-5)34-26-48-42(50-34)36-12-10-18-54(36)44(56)40(28(3)61-6)52-46(58)63-8/h13-16,23-28,35-36,39-40H,9-12,17-22H2,1-8H3,(H,47,49)(H,48,50)(H,51,57)(H,52,58). The highest BCUT2D eigenvalue weighted by atomic mass is 16.5. The van der Waals surface area contributed by atoms with Gasteiger partial charge in [0.05, 0.1) is 69.4 Å². The van der Waals surface area contributed by atoms with Crippen molar-refractivity contribution in [1.82, 2.24) is 40.4 Å². The van der Waals surface area contributed by atoms with E-state index in [0.29, 0.717) is 55.9 Å². The molecule has 0 spiro atoms. The predicted octanol–water partition coefficient (Wildman–Crippen LogP) is 5.65. The van der Waals surface area contributed by atoms with E-state index in [1.807, 2.05) is 50.2 Å². The Labute approximate surface area is 379 Å². The minimum Gasteiger partial charge on any atom is -0.491 e. The normalized spacial score (nSPS) is 17.4. The number of nitrogens with zero attached hydrogens (tertiary/aromatic N) is 4. The van der Waals surface area contributed by atoms with Gasteiger partial charge in [0.1, 0.15) is 48.4 Å². The minimum atomic E-state index is -0.946. The fraction of sp³-hybridized carbons (Fsp3) is 0.522. The van der Waals surface area contributed by atoms with Gasteiger partial charge in [0.2, 0.25) is 11.8 Å². The van der Waals surface area contributed by atoms with Crippen LogP contribution in [-0.2, 0) is 33.3 Å². The van der Waals surface area contributed by atoms with E-state index in [1.165, 1.54) is 21.3 Å². The first-order chi connectivity index (χ1) is 31.4. The van der Waals surface area contributed by atoms with Crippen molar-refractivity contribution in [3.8, 4) is 45.1 Å². The summed E-state index contributed by atoms with van der Waals surface area (Å²) in [5, 5.41) is 5.32. The number of H-pyrrole nitrogens is 2. The second kappa shape index (κ2) is 22.6. The molecule has 2 aromatic heterocycles. The average molecular weight is 903 g/mol. The Morgan fingerprint density at radius 2 is 1.11 bits per heavy atom. The van der Waals surface area contributed by atoms with Crippen LogP contribution in [0.5, 0.6) is 11.5 Å². The summed E-state index contributed by atoms with van der Waals surface area (Å²) in [7, 11) is 7.24. The molecule has 2 fully saturated rings. The van der Waals surface area contributed by atoms with Crippen molar-refractivity contribution in [3.05, 3.63) is 60.4 Å². The van der Waals surface area contributed by atoms with Crippen molar-refractivity contribution in [2.75, 3.05) is 75.1 Å². The molecule has 2 aliphatic rings. The van der Waals surface area contributed by atoms with Crippen LogP contribution in [0.15, 0.2) is 48.8 Å². The van der Waals surface area contributed by atoms with Crippen LogP contribution in [0.25, 0.3) is 33.6 Å². The van der Waals surface area contributed by atoms with Crippen molar-refractivity contribution in [1.29, 1.82) is 0 Å². The van der Waals surface area contributed by atoms with Crippen molar-refractivity contribution in [3.63, 3.8) is 0 Å². The number of aromatic amines is 2. The number of rotatable bonds is 20. The molecule has 19 nitrogen and oxygen atoms in total. The number of likely N-dealkylation sites (tertiary alicyclic amines) is 2. The average Bonchev–Trinajstić information content (AvgIpc) is 4.17. The Hall–Kier alpha value is -6.18. The van der Waals surface area contributed by atoms with E-state index in [2.05, 4.69) is 20.6 Å². The summed E-state index contributed by atoms with van der Waals surface area (Å²) in [6.07, 6.45) is 4.48. The summed E-state index contributed by atoms with van der Waals surface area (Å²) >= 11 is 0. The maximum Gasteiger partial charge on any atom is 0.407 e. The van der Waals surface area contributed by atoms with Gasteiger partial charge in [-0.15, -0.1) is 0 Å². The Balaban J connectivity index is 1.28. The SMILES string of the molecule is COCCOc1cc(-c2cnc(C3CCCN3C(=O)C(NC(=O)OC)C(C)C)[nH]2)ccc1-c1ccc(-c2cnc(C3CCCN3C(=O)C(NC(=O)OC)C(C)OC)[nH]2)cc1OCCOC. The summed E-state index contributed by atoms with van der Waals surface area (Å²) in [5.74, 6) is 1.81. The fourth-order valence-electron chi connectivity index (χ4n) is 8.23. The van der Waals surface area contributed by atoms with E-state index in [4.69, 9.17) is 43.1 Å². The van der Waals surface area contributed by atoms with Gasteiger partial charge in [-0.1, -0.05) is 26.0 Å². The van der Waals surface area contributed by atoms with E-state index in [1.54, 1.807) is 43.3 Å². The molecule has 0 radical (unpaired) electrons. The van der Waals surface area contributed by atoms with Crippen molar-refractivity contribution in [2.24, 2.45) is 5.92 Å². The second-order valence-corrected chi connectivity index (χ2v) is 16.3. The van der Waals surface area contributed by atoms with Crippen molar-refractivity contribution in [2.45, 2.75) is 76.7 Å². The number of amides is 4. The van der Waals surface area contributed by atoms with Crippen molar-refractivity contribution >= 4 is 24.0 Å². The molecule has 19 heteroatoms. The number of hydrogen-bond acceptors (Lipinski definition) is 13. The second-order valence-electron chi connectivity index (χ2n) is 16.3. The minimum absolute atomic E-state index is 0.152. The van der Waals surface area contributed by atoms with E-state index < -0.39 is 30.4 Å². The molecule has 5 unspecified atom stereocenters. The van der Waals surface area contributed by atoms with Gasteiger partial charge in [0, 0.05) is 56.7 Å². The lowest BCUT2D eigenvalue weighted by atomic mass is 9.98. The lowest BCUT2D eigenvalue weighted by Gasteiger charge is -2.30. The topological polar surface area (TPSA) is 221 Å². The maximum atomic E-state index is 13.8. The molecular formula is C46H62N8O11. The van der Waals surface area contributed by atoms with Gasteiger partial charge in [-0.25, -0.2) is 19.6 Å². The van der Waals surface area contributed by atoms with Crippen LogP contribution in [0.3, 0.4) is 0 Å². The molecule has 2 saturated heterocycles. The van der Waals surface area contributed by atoms with Gasteiger partial charge in [-0.3, -0.25) is 9.59 Å². The Morgan fingerprint density at radius 1 is 0.662 bits per heavy atom. The van der Waals surface area contributed by atoms with Gasteiger partial charge in [0.15, 0.2) is 0 Å². The summed E-state index contributed by atoms with van der Waals surface area (Å²) < 4.78 is 38.4. The number of ether oxygens (including phenoxy) is 7. The number of benzene rings is 2. The maximum absolute atomic E-state index is 13.8. The first-order valence-electron chi connectivity index (χ1n) is 21.9. The molecule has 0 saturated carbocycles. The lowest BCUT2D eigenvalue weighted by Crippen LogP contribution is -2.54. The number of carbonyl (C=O) groups excluding carboxylic acids is 4. The molecule has 5 atom stereocenters. The van der Waals surface area contributed by atoms with Crippen LogP contribution < -0.4 is 20.1 Å². The van der Waals surface area contributed by atoms with Crippen LogP contribution in [0.4, 0.5) is 9.59 Å². The fourth-order valence-corrected chi connectivity index (χ4v) is 8.23. The van der Waals surface area contributed by atoms with Gasteiger partial charge >= 0.3 is 12.2 Å². The Bertz CT molecular complexity index is 2240. The largest absolute Gasteiger partial charge is 0.491 e. The number of alkyl carbamates (subject to hydrolysis) is 2. The lowest BCUT2D eigenvalue weighted by molar-refractivity contribution is -0.137. The molecule has 4 amide bonds. The van der Waals surface area contributed by atoms with Gasteiger partial charge in [-0.2, -0.15) is 0 Å². The first-order valence-corrected chi connectivity index (χ1v) is 21.9. The molecule has 352 valence electrons. The molecule has 4 N–H and O–H groups in total. The highest BCUT2D eigenvalue weighted by Gasteiger charge is 2.40. The number of methoxy groups -OCH3 is 5. The molecule has 2 aromatic carbocycles. The molecular weight excluding hydrogens is 841 g/mol. The number of nitrogens with one attached hydrogen (secondary N) is 4. The smallest absolute Gasteiger partial charge is 0.407 e. The summed E-state index contributed by atoms with van der Waals surface area (Å²) in [6, 6.07) is 9.43. The molecule has 0 aliphatic carbocycles. The summed E-state index contributed by atoms with van der Waals surface area (Å²) in [4.78, 5) is 71.7. The zero-order valence-electron chi connectivity index (χ0n) is 38.4. The zero-order chi connectivity index (χ0) is 46.6. The molecule has 0 bridgehead atoms. The summed E-state index contributed by atoms with van der Waals surface area (Å²) in [6.45, 7) is 7.82. The molecule has 2 aliphatic heterocycles. The first kappa shape index (κ1) is 48.3. The molecule has 6 rings (SSSR count). The Morgan fingerprint density at radius 3 is 1.52 bits per heavy atom. The van der Waals surface area contributed by atoms with Gasteiger partial charge in [0.25, 0.3) is 0 Å². The highest BCUT2D eigenvalue weighted by Crippen LogP contribution is 2.42. The molecule has 4 heterocycles. The van der Waals surface area contributed by atoms with Gasteiger partial charge < -0.3 is 63.6 Å². The van der Waals surface area contributed by atoms with Crippen molar-refractivity contribution < 1.29 is 52.3 Å². The number of aromatic nitrogens is 4. The van der Waals surface area contributed by atoms with E-state index in [-0.39, 0.29) is 43.0 Å². The quantitative estimate of drug-likeness (QED) is 0.0789. The van der Waals surface area contributed by atoms with E-state index in [9.17, 15) is 19.2 Å². The number of carbonyl (C=O) groups is 4. The predicted molar refractivity (Wildman–Crippen MR) is 239 cm³/mol. The van der Waals surface area contributed by atoms with Crippen LogP contribution in [0.2, 0.25) is 0 Å². The molecule has 4 aromatic rings. The monoisotopic (exact) mass is 902 g/mol. The van der Waals surface area contributed by atoms with Crippen LogP contribution in [-0.4, -0.2) is 147 Å². The van der Waals surface area contributed by atoms with E-state index in [0.717, 1.165) is 52.9 Å². The van der Waals surface area contributed by atoms with Crippen LogP contribution in [0.1, 0.15) is 70.2 Å². The van der Waals surface area contributed by atoms with E-state index >= 15 is 0 Å². The van der Waals surface area contributed by atoms with Gasteiger partial charge in [-0.05, 0) is 62.8 Å². The third-order valence-electron chi connectivity index (χ3n) is 11.8.